The van der Waals surface area contributed by atoms with Gasteiger partial charge in [-0.25, -0.2) is 0 Å². The normalized spacial score (nSPS) is 13.0. The molecule has 0 saturated heterocycles. The molecule has 0 aliphatic rings. The van der Waals surface area contributed by atoms with Crippen LogP contribution in [0.3, 0.4) is 0 Å². The molecular formula is C44H50O2P2. The molecule has 2 nitrogen and oxygen atoms in total. The number of benzene rings is 5. The maximum Gasteiger partial charge on any atom is 0.225 e. The third kappa shape index (κ3) is 6.68. The molecule has 5 aromatic carbocycles. The van der Waals surface area contributed by atoms with Gasteiger partial charge in [-0.05, 0) is 91.0 Å². The van der Waals surface area contributed by atoms with Gasteiger partial charge in [-0.2, -0.15) is 0 Å². The average molecular weight is 673 g/mol. The largest absolute Gasteiger partial charge is 0.418 e. The van der Waals surface area contributed by atoms with E-state index >= 15 is 0 Å². The Balaban J connectivity index is 1.79. The molecule has 48 heavy (non-hydrogen) atoms. The molecule has 0 radical (unpaired) electrons. The number of fused-ring (bicyclic) bond motifs is 3. The zero-order valence-corrected chi connectivity index (χ0v) is 32.1. The molecular weight excluding hydrogens is 622 g/mol. The highest BCUT2D eigenvalue weighted by atomic mass is 31.1. The quantitative estimate of drug-likeness (QED) is 0.165. The van der Waals surface area contributed by atoms with Crippen LogP contribution in [0.2, 0.25) is 0 Å². The van der Waals surface area contributed by atoms with Gasteiger partial charge < -0.3 is 8.39 Å². The number of hydrogen-bond donors (Lipinski definition) is 0. The zero-order chi connectivity index (χ0) is 34.4. The van der Waals surface area contributed by atoms with Crippen molar-refractivity contribution in [3.8, 4) is 0 Å². The van der Waals surface area contributed by atoms with Crippen molar-refractivity contribution in [3.05, 3.63) is 142 Å². The Labute approximate surface area is 289 Å². The van der Waals surface area contributed by atoms with Gasteiger partial charge >= 0.3 is 0 Å². The Morgan fingerprint density at radius 1 is 0.562 bits per heavy atom. The lowest BCUT2D eigenvalue weighted by Crippen LogP contribution is -2.16. The van der Waals surface area contributed by atoms with Crippen molar-refractivity contribution in [1.82, 2.24) is 0 Å². The Bertz CT molecular complexity index is 1970. The fourth-order valence-corrected chi connectivity index (χ4v) is 11.5. The van der Waals surface area contributed by atoms with Gasteiger partial charge in [0.05, 0.1) is 5.66 Å². The van der Waals surface area contributed by atoms with Crippen LogP contribution < -0.4 is 10.6 Å². The van der Waals surface area contributed by atoms with Crippen molar-refractivity contribution in [2.75, 3.05) is 6.16 Å². The van der Waals surface area contributed by atoms with Crippen LogP contribution in [-0.2, 0) is 10.8 Å². The highest BCUT2D eigenvalue weighted by Gasteiger charge is 2.31. The van der Waals surface area contributed by atoms with E-state index in [1.54, 1.807) is 0 Å². The minimum absolute atomic E-state index is 0.0235. The van der Waals surface area contributed by atoms with E-state index in [2.05, 4.69) is 172 Å². The van der Waals surface area contributed by atoms with Crippen LogP contribution >= 0.6 is 15.9 Å². The summed E-state index contributed by atoms with van der Waals surface area (Å²) in [5.74, 6) is 0. The summed E-state index contributed by atoms with van der Waals surface area (Å²) in [7, 11) is -2.19. The monoisotopic (exact) mass is 672 g/mol. The van der Waals surface area contributed by atoms with Gasteiger partial charge in [0.1, 0.15) is 11.2 Å². The molecule has 0 aliphatic heterocycles. The fraction of sp³-hybridized carbons (Fsp3) is 0.318. The molecule has 6 rings (SSSR count). The van der Waals surface area contributed by atoms with Gasteiger partial charge in [-0.1, -0.05) is 145 Å². The summed E-state index contributed by atoms with van der Waals surface area (Å²) >= 11 is 0. The van der Waals surface area contributed by atoms with Crippen LogP contribution in [0.1, 0.15) is 86.1 Å². The Morgan fingerprint density at radius 3 is 1.31 bits per heavy atom. The average Bonchev–Trinajstić information content (AvgIpc) is 3.23. The standard InChI is InChI=1S/C44H50O2P2/c1-29-26-36(43(5,6)7)41-39(31(29)3)40-32(4)30(2)27-37(44(8,9)10)42(40)46-48(45-41)38(33-20-14-11-15-21-33)28-47(34-22-16-12-17-23-34)35-24-18-13-19-25-35/h11-27,38H,28H2,1-10H3/t38-/m0/s1. The van der Waals surface area contributed by atoms with Crippen molar-refractivity contribution >= 4 is 48.5 Å². The van der Waals surface area contributed by atoms with Gasteiger partial charge in [0.15, 0.2) is 0 Å². The van der Waals surface area contributed by atoms with Gasteiger partial charge in [-0.3, -0.25) is 0 Å². The summed E-state index contributed by atoms with van der Waals surface area (Å²) in [5.41, 5.74) is 10.6. The van der Waals surface area contributed by atoms with E-state index in [-0.39, 0.29) is 16.5 Å². The van der Waals surface area contributed by atoms with Crippen LogP contribution in [0.4, 0.5) is 0 Å². The molecule has 0 saturated carbocycles. The molecule has 1 heterocycles. The molecule has 0 aliphatic carbocycles. The first kappa shape index (κ1) is 34.3. The Kier molecular flexibility index (Phi) is 9.56. The van der Waals surface area contributed by atoms with Gasteiger partial charge in [0, 0.05) is 21.9 Å². The van der Waals surface area contributed by atoms with Crippen molar-refractivity contribution < 1.29 is 8.39 Å². The van der Waals surface area contributed by atoms with Crippen LogP contribution in [0, 0.1) is 27.7 Å². The zero-order valence-electron chi connectivity index (χ0n) is 30.3. The van der Waals surface area contributed by atoms with Crippen LogP contribution in [-0.4, -0.2) is 6.16 Å². The molecule has 6 aromatic rings. The van der Waals surface area contributed by atoms with E-state index in [0.29, 0.717) is 0 Å². The van der Waals surface area contributed by atoms with E-state index in [0.717, 1.165) is 17.3 Å². The van der Waals surface area contributed by atoms with E-state index < -0.39 is 15.9 Å². The molecule has 248 valence electrons. The second kappa shape index (κ2) is 13.4. The molecule has 4 heteroatoms. The summed E-state index contributed by atoms with van der Waals surface area (Å²) in [6.45, 7) is 22.8. The second-order valence-corrected chi connectivity index (χ2v) is 19.1. The summed E-state index contributed by atoms with van der Waals surface area (Å²) in [6.07, 6.45) is 0.912. The number of aryl methyl sites for hydroxylation is 4. The highest BCUT2D eigenvalue weighted by Crippen LogP contribution is 2.54. The lowest BCUT2D eigenvalue weighted by atomic mass is 9.81. The van der Waals surface area contributed by atoms with Crippen molar-refractivity contribution in [3.63, 3.8) is 0 Å². The first-order valence-electron chi connectivity index (χ1n) is 17.1. The third-order valence-corrected chi connectivity index (χ3v) is 14.3. The summed E-state index contributed by atoms with van der Waals surface area (Å²) < 4.78 is 15.1. The topological polar surface area (TPSA) is 26.3 Å². The maximum absolute atomic E-state index is 7.54. The Morgan fingerprint density at radius 2 is 0.938 bits per heavy atom. The molecule has 0 fully saturated rings. The first-order valence-corrected chi connectivity index (χ1v) is 19.9. The fourth-order valence-electron chi connectivity index (χ4n) is 6.73. The summed E-state index contributed by atoms with van der Waals surface area (Å²) in [5, 5.41) is 5.14. The molecule has 1 aromatic heterocycles. The predicted octanol–water partition coefficient (Wildman–Crippen LogP) is 12.8. The van der Waals surface area contributed by atoms with E-state index in [1.807, 2.05) is 0 Å². The molecule has 1 atom stereocenters. The van der Waals surface area contributed by atoms with Crippen molar-refractivity contribution in [2.24, 2.45) is 0 Å². The van der Waals surface area contributed by atoms with Crippen LogP contribution in [0.5, 0.6) is 0 Å². The van der Waals surface area contributed by atoms with Crippen LogP contribution in [0.25, 0.3) is 21.9 Å². The minimum Gasteiger partial charge on any atom is -0.418 e. The second-order valence-electron chi connectivity index (χ2n) is 15.3. The molecule has 0 amide bonds. The lowest BCUT2D eigenvalue weighted by molar-refractivity contribution is 0.562. The molecule has 0 N–H and O–H groups in total. The SMILES string of the molecule is Cc1cc(C(C)(C)C)c2op([C@@H](CP(c3ccccc3)c3ccccc3)c3ccccc3)oc3c(C(C)(C)C)cc(C)c(C)c3c2c1C. The molecule has 0 spiro atoms. The predicted molar refractivity (Wildman–Crippen MR) is 211 cm³/mol. The summed E-state index contributed by atoms with van der Waals surface area (Å²) in [6, 6.07) is 37.8. The first-order chi connectivity index (χ1) is 22.8. The lowest BCUT2D eigenvalue weighted by Gasteiger charge is -2.25. The highest BCUT2D eigenvalue weighted by molar-refractivity contribution is 7.73. The summed E-state index contributed by atoms with van der Waals surface area (Å²) in [4.78, 5) is 0. The van der Waals surface area contributed by atoms with E-state index in [9.17, 15) is 0 Å². The number of rotatable bonds is 6. The van der Waals surface area contributed by atoms with Crippen molar-refractivity contribution in [2.45, 2.75) is 85.7 Å². The molecule has 0 unspecified atom stereocenters. The molecule has 0 bridgehead atoms. The third-order valence-electron chi connectivity index (χ3n) is 9.76. The van der Waals surface area contributed by atoms with Gasteiger partial charge in [0.25, 0.3) is 0 Å². The van der Waals surface area contributed by atoms with E-state index in [4.69, 9.17) is 8.39 Å². The van der Waals surface area contributed by atoms with E-state index in [1.165, 1.54) is 60.3 Å². The van der Waals surface area contributed by atoms with Crippen molar-refractivity contribution in [1.29, 1.82) is 0 Å². The number of hydrogen-bond acceptors (Lipinski definition) is 2. The van der Waals surface area contributed by atoms with Crippen LogP contribution in [0.15, 0.2) is 112 Å². The Hall–Kier alpha value is -3.57. The van der Waals surface area contributed by atoms with Gasteiger partial charge in [0.2, 0.25) is 8.01 Å². The maximum atomic E-state index is 7.54. The van der Waals surface area contributed by atoms with Gasteiger partial charge in [-0.15, -0.1) is 0 Å². The minimum atomic E-state index is -1.48. The smallest absolute Gasteiger partial charge is 0.225 e.